The summed E-state index contributed by atoms with van der Waals surface area (Å²) in [6, 6.07) is 9.95. The Labute approximate surface area is 217 Å². The van der Waals surface area contributed by atoms with E-state index in [0.717, 1.165) is 18.4 Å². The number of aromatic nitrogens is 2. The second-order valence-corrected chi connectivity index (χ2v) is 9.91. The molecule has 0 radical (unpaired) electrons. The van der Waals surface area contributed by atoms with Gasteiger partial charge in [0.15, 0.2) is 0 Å². The van der Waals surface area contributed by atoms with E-state index in [1.165, 1.54) is 24.4 Å². The molecule has 2 aromatic carbocycles. The van der Waals surface area contributed by atoms with Crippen molar-refractivity contribution in [1.29, 1.82) is 0 Å². The van der Waals surface area contributed by atoms with Crippen LogP contribution in [0.25, 0.3) is 0 Å². The number of anilines is 1. The average molecular weight is 526 g/mol. The molecule has 1 aliphatic heterocycles. The minimum absolute atomic E-state index is 0.0925. The fourth-order valence-corrected chi connectivity index (χ4v) is 5.04. The number of fused-ring (bicyclic) bond motifs is 1. The SMILES string of the molecule is C[C@H]1Cn2ncc(C(=O)N(C)C3(c4ccc(C(=O)O)cc4)CC3)c2CN1C(=O)Nc1ccc(F)c(Cl)c1. The molecule has 192 valence electrons. The quantitative estimate of drug-likeness (QED) is 0.507. The van der Waals surface area contributed by atoms with E-state index in [0.29, 0.717) is 23.5 Å². The molecule has 0 bridgehead atoms. The molecule has 1 fully saturated rings. The van der Waals surface area contributed by atoms with Crippen LogP contribution in [0.1, 0.15) is 51.7 Å². The fourth-order valence-electron chi connectivity index (χ4n) is 4.85. The highest BCUT2D eigenvalue weighted by molar-refractivity contribution is 6.31. The summed E-state index contributed by atoms with van der Waals surface area (Å²) in [6.45, 7) is 2.46. The van der Waals surface area contributed by atoms with Gasteiger partial charge in [-0.25, -0.2) is 14.0 Å². The highest BCUT2D eigenvalue weighted by Crippen LogP contribution is 2.51. The molecule has 11 heteroatoms. The Morgan fingerprint density at radius 2 is 1.89 bits per heavy atom. The second-order valence-electron chi connectivity index (χ2n) is 9.50. The number of hydrogen-bond donors (Lipinski definition) is 2. The summed E-state index contributed by atoms with van der Waals surface area (Å²) in [7, 11) is 1.73. The molecule has 37 heavy (non-hydrogen) atoms. The van der Waals surface area contributed by atoms with Crippen LogP contribution in [0.2, 0.25) is 5.02 Å². The second kappa shape index (κ2) is 9.19. The van der Waals surface area contributed by atoms with E-state index < -0.39 is 23.4 Å². The Morgan fingerprint density at radius 1 is 1.19 bits per heavy atom. The van der Waals surface area contributed by atoms with E-state index in [4.69, 9.17) is 11.6 Å². The number of carboxylic acids is 1. The summed E-state index contributed by atoms with van der Waals surface area (Å²) in [5, 5.41) is 16.2. The predicted octanol–water partition coefficient (Wildman–Crippen LogP) is 4.57. The number of carboxylic acid groups (broad SMARTS) is 1. The van der Waals surface area contributed by atoms with Crippen molar-refractivity contribution in [3.63, 3.8) is 0 Å². The number of carbonyl (C=O) groups is 3. The molecule has 3 amide bonds. The van der Waals surface area contributed by atoms with E-state index in [2.05, 4.69) is 10.4 Å². The average Bonchev–Trinajstić information content (AvgIpc) is 3.59. The predicted molar refractivity (Wildman–Crippen MR) is 134 cm³/mol. The largest absolute Gasteiger partial charge is 0.478 e. The summed E-state index contributed by atoms with van der Waals surface area (Å²) in [5.74, 6) is -1.80. The van der Waals surface area contributed by atoms with Crippen molar-refractivity contribution in [2.24, 2.45) is 0 Å². The third-order valence-electron chi connectivity index (χ3n) is 7.24. The van der Waals surface area contributed by atoms with Gasteiger partial charge in [0.2, 0.25) is 0 Å². The number of nitrogens with zero attached hydrogens (tertiary/aromatic N) is 4. The van der Waals surface area contributed by atoms with Crippen LogP contribution in [0.15, 0.2) is 48.7 Å². The Kier molecular flexibility index (Phi) is 6.15. The molecule has 0 spiro atoms. The zero-order valence-electron chi connectivity index (χ0n) is 20.2. The maximum atomic E-state index is 13.6. The van der Waals surface area contributed by atoms with Gasteiger partial charge >= 0.3 is 12.0 Å². The van der Waals surface area contributed by atoms with Crippen LogP contribution in [0.5, 0.6) is 0 Å². The molecule has 9 nitrogen and oxygen atoms in total. The van der Waals surface area contributed by atoms with Crippen LogP contribution in [0, 0.1) is 5.82 Å². The first kappa shape index (κ1) is 24.8. The number of carbonyl (C=O) groups excluding carboxylic acids is 2. The van der Waals surface area contributed by atoms with E-state index in [1.807, 2.05) is 6.92 Å². The Bertz CT molecular complexity index is 1400. The van der Waals surface area contributed by atoms with Crippen molar-refractivity contribution in [3.05, 3.63) is 81.9 Å². The summed E-state index contributed by atoms with van der Waals surface area (Å²) in [4.78, 5) is 41.2. The molecule has 1 atom stereocenters. The van der Waals surface area contributed by atoms with Gasteiger partial charge in [-0.1, -0.05) is 23.7 Å². The number of urea groups is 1. The van der Waals surface area contributed by atoms with Gasteiger partial charge in [0.05, 0.1) is 52.7 Å². The zero-order chi connectivity index (χ0) is 26.5. The van der Waals surface area contributed by atoms with Crippen molar-refractivity contribution >= 4 is 35.2 Å². The normalized spacial score (nSPS) is 17.6. The summed E-state index contributed by atoms with van der Waals surface area (Å²) in [6.07, 6.45) is 3.06. The molecular formula is C26H25ClFN5O4. The molecule has 2 N–H and O–H groups in total. The van der Waals surface area contributed by atoms with Gasteiger partial charge in [-0.2, -0.15) is 5.10 Å². The Hall–Kier alpha value is -3.92. The molecule has 2 heterocycles. The molecular weight excluding hydrogens is 501 g/mol. The molecule has 3 aromatic rings. The lowest BCUT2D eigenvalue weighted by Crippen LogP contribution is -2.47. The Morgan fingerprint density at radius 3 is 2.51 bits per heavy atom. The fraction of sp³-hybridized carbons (Fsp3) is 0.308. The number of aromatic carboxylic acids is 1. The van der Waals surface area contributed by atoms with E-state index in [-0.39, 0.29) is 29.1 Å². The van der Waals surface area contributed by atoms with E-state index in [1.54, 1.807) is 45.8 Å². The van der Waals surface area contributed by atoms with Crippen LogP contribution in [-0.2, 0) is 18.6 Å². The maximum absolute atomic E-state index is 13.6. The summed E-state index contributed by atoms with van der Waals surface area (Å²) < 4.78 is 15.2. The van der Waals surface area contributed by atoms with Gasteiger partial charge in [0.25, 0.3) is 5.91 Å². The summed E-state index contributed by atoms with van der Waals surface area (Å²) >= 11 is 5.84. The lowest BCUT2D eigenvalue weighted by molar-refractivity contribution is 0.0685. The highest BCUT2D eigenvalue weighted by Gasteiger charge is 2.50. The van der Waals surface area contributed by atoms with Crippen molar-refractivity contribution in [2.75, 3.05) is 12.4 Å². The lowest BCUT2D eigenvalue weighted by Gasteiger charge is -2.35. The van der Waals surface area contributed by atoms with E-state index >= 15 is 0 Å². The van der Waals surface area contributed by atoms with Crippen molar-refractivity contribution in [2.45, 2.75) is 44.4 Å². The van der Waals surface area contributed by atoms with E-state index in [9.17, 15) is 23.9 Å². The van der Waals surface area contributed by atoms with Crippen LogP contribution >= 0.6 is 11.6 Å². The third-order valence-corrected chi connectivity index (χ3v) is 7.53. The zero-order valence-corrected chi connectivity index (χ0v) is 21.0. The van der Waals surface area contributed by atoms with Gasteiger partial charge in [0, 0.05) is 12.7 Å². The van der Waals surface area contributed by atoms with Crippen LogP contribution in [0.3, 0.4) is 0 Å². The molecule has 0 unspecified atom stereocenters. The topological polar surface area (TPSA) is 108 Å². The first-order valence-electron chi connectivity index (χ1n) is 11.8. The van der Waals surface area contributed by atoms with Crippen LogP contribution in [-0.4, -0.2) is 55.7 Å². The van der Waals surface area contributed by atoms with Gasteiger partial charge in [0.1, 0.15) is 5.82 Å². The number of benzene rings is 2. The van der Waals surface area contributed by atoms with Crippen molar-refractivity contribution in [1.82, 2.24) is 19.6 Å². The minimum Gasteiger partial charge on any atom is -0.478 e. The smallest absolute Gasteiger partial charge is 0.335 e. The standard InChI is InChI=1S/C26H25ClFN5O4/c1-15-13-33-22(14-32(15)25(37)30-18-7-8-21(28)20(27)11-18)19(12-29-33)23(34)31(2)26(9-10-26)17-5-3-16(4-6-17)24(35)36/h3-8,11-12,15H,9-10,13-14H2,1-2H3,(H,30,37)(H,35,36)/t15-/m0/s1. The molecule has 1 aromatic heterocycles. The molecule has 0 saturated heterocycles. The number of hydrogen-bond acceptors (Lipinski definition) is 4. The van der Waals surface area contributed by atoms with Gasteiger partial charge < -0.3 is 20.2 Å². The van der Waals surface area contributed by atoms with Gasteiger partial charge in [-0.15, -0.1) is 0 Å². The number of amides is 3. The third kappa shape index (κ3) is 4.42. The molecule has 5 rings (SSSR count). The van der Waals surface area contributed by atoms with Crippen LogP contribution < -0.4 is 5.32 Å². The van der Waals surface area contributed by atoms with Gasteiger partial charge in [-0.05, 0) is 55.7 Å². The molecule has 2 aliphatic rings. The number of nitrogens with one attached hydrogen (secondary N) is 1. The van der Waals surface area contributed by atoms with Crippen molar-refractivity contribution < 1.29 is 23.9 Å². The van der Waals surface area contributed by atoms with Crippen molar-refractivity contribution in [3.8, 4) is 0 Å². The van der Waals surface area contributed by atoms with Crippen LogP contribution in [0.4, 0.5) is 14.9 Å². The molecule has 1 saturated carbocycles. The lowest BCUT2D eigenvalue weighted by atomic mass is 10.0. The first-order valence-corrected chi connectivity index (χ1v) is 12.2. The highest BCUT2D eigenvalue weighted by atomic mass is 35.5. The van der Waals surface area contributed by atoms with Gasteiger partial charge in [-0.3, -0.25) is 9.48 Å². The molecule has 1 aliphatic carbocycles. The summed E-state index contributed by atoms with van der Waals surface area (Å²) in [5.41, 5.74) is 1.95. The Balaban J connectivity index is 1.35. The minimum atomic E-state index is -1.00. The number of rotatable bonds is 5. The first-order chi connectivity index (χ1) is 17.6. The maximum Gasteiger partial charge on any atom is 0.335 e. The number of halogens is 2. The monoisotopic (exact) mass is 525 g/mol.